The number of benzene rings is 2. The number of rotatable bonds is 6. The molecule has 0 radical (unpaired) electrons. The zero-order valence-corrected chi connectivity index (χ0v) is 13.0. The molecule has 0 fully saturated rings. The molecule has 2 rings (SSSR count). The number of methoxy groups -OCH3 is 1. The van der Waals surface area contributed by atoms with Crippen LogP contribution in [-0.2, 0) is 6.42 Å². The molecule has 4 heteroatoms. The van der Waals surface area contributed by atoms with Crippen LogP contribution in [0.25, 0.3) is 0 Å². The van der Waals surface area contributed by atoms with Crippen molar-refractivity contribution < 1.29 is 9.13 Å². The number of hydrogen-bond donors (Lipinski definition) is 1. The molecule has 21 heavy (non-hydrogen) atoms. The van der Waals surface area contributed by atoms with Crippen molar-refractivity contribution in [3.8, 4) is 5.75 Å². The Morgan fingerprint density at radius 3 is 2.48 bits per heavy atom. The van der Waals surface area contributed by atoms with Gasteiger partial charge in [-0.05, 0) is 48.4 Å². The van der Waals surface area contributed by atoms with Gasteiger partial charge >= 0.3 is 0 Å². The standard InChI is InChI=1S/C17H19ClFNO/c1-3-20-17(13-5-7-14(21-2)8-6-13)11-12-4-9-16(19)15(18)10-12/h4-10,17,20H,3,11H2,1-2H3. The predicted octanol–water partition coefficient (Wildman–Crippen LogP) is 4.38. The molecule has 1 N–H and O–H groups in total. The first-order valence-electron chi connectivity index (χ1n) is 6.95. The normalized spacial score (nSPS) is 12.2. The van der Waals surface area contributed by atoms with Crippen molar-refractivity contribution in [1.29, 1.82) is 0 Å². The Morgan fingerprint density at radius 2 is 1.90 bits per heavy atom. The smallest absolute Gasteiger partial charge is 0.141 e. The molecule has 0 aliphatic carbocycles. The van der Waals surface area contributed by atoms with Gasteiger partial charge in [0.25, 0.3) is 0 Å². The average molecular weight is 308 g/mol. The van der Waals surface area contributed by atoms with E-state index in [1.54, 1.807) is 19.2 Å². The second kappa shape index (κ2) is 7.43. The maximum absolute atomic E-state index is 13.2. The highest BCUT2D eigenvalue weighted by Crippen LogP contribution is 2.23. The predicted molar refractivity (Wildman–Crippen MR) is 84.5 cm³/mol. The minimum Gasteiger partial charge on any atom is -0.497 e. The van der Waals surface area contributed by atoms with Gasteiger partial charge in [-0.1, -0.05) is 36.7 Å². The topological polar surface area (TPSA) is 21.3 Å². The number of ether oxygens (including phenoxy) is 1. The fraction of sp³-hybridized carbons (Fsp3) is 0.294. The van der Waals surface area contributed by atoms with E-state index in [0.717, 1.165) is 29.8 Å². The highest BCUT2D eigenvalue weighted by molar-refractivity contribution is 6.30. The minimum absolute atomic E-state index is 0.155. The number of nitrogens with one attached hydrogen (secondary N) is 1. The number of halogens is 2. The summed E-state index contributed by atoms with van der Waals surface area (Å²) in [7, 11) is 1.65. The van der Waals surface area contributed by atoms with Crippen molar-refractivity contribution in [2.45, 2.75) is 19.4 Å². The van der Waals surface area contributed by atoms with Gasteiger partial charge in [-0.15, -0.1) is 0 Å². The Hall–Kier alpha value is -1.58. The van der Waals surface area contributed by atoms with E-state index in [2.05, 4.69) is 12.2 Å². The largest absolute Gasteiger partial charge is 0.497 e. The highest BCUT2D eigenvalue weighted by atomic mass is 35.5. The molecule has 0 heterocycles. The van der Waals surface area contributed by atoms with E-state index < -0.39 is 0 Å². The van der Waals surface area contributed by atoms with Crippen LogP contribution in [0.2, 0.25) is 5.02 Å². The van der Waals surface area contributed by atoms with Crippen molar-refractivity contribution in [3.05, 3.63) is 64.4 Å². The van der Waals surface area contributed by atoms with Gasteiger partial charge in [0.15, 0.2) is 0 Å². The van der Waals surface area contributed by atoms with Crippen molar-refractivity contribution >= 4 is 11.6 Å². The van der Waals surface area contributed by atoms with Crippen LogP contribution in [0.3, 0.4) is 0 Å². The van der Waals surface area contributed by atoms with Crippen LogP contribution in [-0.4, -0.2) is 13.7 Å². The Morgan fingerprint density at radius 1 is 1.19 bits per heavy atom. The number of hydrogen-bond acceptors (Lipinski definition) is 2. The van der Waals surface area contributed by atoms with Crippen LogP contribution in [0.1, 0.15) is 24.1 Å². The van der Waals surface area contributed by atoms with E-state index in [4.69, 9.17) is 16.3 Å². The molecule has 0 bridgehead atoms. The summed E-state index contributed by atoms with van der Waals surface area (Å²) in [4.78, 5) is 0. The Kier molecular flexibility index (Phi) is 5.59. The summed E-state index contributed by atoms with van der Waals surface area (Å²) >= 11 is 5.85. The van der Waals surface area contributed by atoms with E-state index >= 15 is 0 Å². The zero-order chi connectivity index (χ0) is 15.2. The molecule has 2 nitrogen and oxygen atoms in total. The minimum atomic E-state index is -0.384. The van der Waals surface area contributed by atoms with Gasteiger partial charge in [0.2, 0.25) is 0 Å². The molecule has 0 saturated carbocycles. The molecule has 1 unspecified atom stereocenters. The summed E-state index contributed by atoms with van der Waals surface area (Å²) in [5, 5.41) is 3.61. The monoisotopic (exact) mass is 307 g/mol. The van der Waals surface area contributed by atoms with Gasteiger partial charge in [-0.3, -0.25) is 0 Å². The summed E-state index contributed by atoms with van der Waals surface area (Å²) in [5.74, 6) is 0.448. The SMILES string of the molecule is CCNC(Cc1ccc(F)c(Cl)c1)c1ccc(OC)cc1. The van der Waals surface area contributed by atoms with Crippen LogP contribution < -0.4 is 10.1 Å². The van der Waals surface area contributed by atoms with Gasteiger partial charge in [-0.25, -0.2) is 4.39 Å². The first kappa shape index (κ1) is 15.8. The highest BCUT2D eigenvalue weighted by Gasteiger charge is 2.12. The molecular formula is C17H19ClFNO. The first-order valence-corrected chi connectivity index (χ1v) is 7.33. The third kappa shape index (κ3) is 4.19. The summed E-state index contributed by atoms with van der Waals surface area (Å²) in [6, 6.07) is 13.0. The van der Waals surface area contributed by atoms with Gasteiger partial charge in [-0.2, -0.15) is 0 Å². The van der Waals surface area contributed by atoms with Gasteiger partial charge < -0.3 is 10.1 Å². The molecule has 0 aromatic heterocycles. The van der Waals surface area contributed by atoms with E-state index in [9.17, 15) is 4.39 Å². The van der Waals surface area contributed by atoms with Crippen LogP contribution in [0, 0.1) is 5.82 Å². The summed E-state index contributed by atoms with van der Waals surface area (Å²) in [6.45, 7) is 2.92. The Labute approximate surface area is 129 Å². The molecule has 1 atom stereocenters. The molecule has 2 aromatic carbocycles. The summed E-state index contributed by atoms with van der Waals surface area (Å²) in [5.41, 5.74) is 2.17. The lowest BCUT2D eigenvalue weighted by Crippen LogP contribution is -2.22. The van der Waals surface area contributed by atoms with E-state index in [0.29, 0.717) is 0 Å². The summed E-state index contributed by atoms with van der Waals surface area (Å²) in [6.07, 6.45) is 0.750. The zero-order valence-electron chi connectivity index (χ0n) is 12.2. The quantitative estimate of drug-likeness (QED) is 0.855. The van der Waals surface area contributed by atoms with Crippen LogP contribution in [0.5, 0.6) is 5.75 Å². The Bertz CT molecular complexity index is 586. The maximum atomic E-state index is 13.2. The molecule has 0 aliphatic rings. The van der Waals surface area contributed by atoms with Crippen LogP contribution in [0.15, 0.2) is 42.5 Å². The van der Waals surface area contributed by atoms with E-state index in [1.807, 2.05) is 24.3 Å². The molecule has 112 valence electrons. The van der Waals surface area contributed by atoms with E-state index in [-0.39, 0.29) is 16.9 Å². The third-order valence-electron chi connectivity index (χ3n) is 3.39. The lowest BCUT2D eigenvalue weighted by atomic mass is 9.98. The van der Waals surface area contributed by atoms with Gasteiger partial charge in [0, 0.05) is 6.04 Å². The van der Waals surface area contributed by atoms with Gasteiger partial charge in [0.05, 0.1) is 12.1 Å². The average Bonchev–Trinajstić information content (AvgIpc) is 2.50. The second-order valence-electron chi connectivity index (χ2n) is 4.84. The molecule has 0 saturated heterocycles. The lowest BCUT2D eigenvalue weighted by Gasteiger charge is -2.19. The molecule has 2 aromatic rings. The molecule has 0 amide bonds. The summed E-state index contributed by atoms with van der Waals surface area (Å²) < 4.78 is 18.4. The van der Waals surface area contributed by atoms with Crippen molar-refractivity contribution in [1.82, 2.24) is 5.32 Å². The number of likely N-dealkylation sites (N-methyl/N-ethyl adjacent to an activating group) is 1. The molecule has 0 aliphatic heterocycles. The van der Waals surface area contributed by atoms with Crippen molar-refractivity contribution in [2.24, 2.45) is 0 Å². The molecular weight excluding hydrogens is 289 g/mol. The third-order valence-corrected chi connectivity index (χ3v) is 3.68. The van der Waals surface area contributed by atoms with Gasteiger partial charge in [0.1, 0.15) is 11.6 Å². The van der Waals surface area contributed by atoms with Crippen LogP contribution >= 0.6 is 11.6 Å². The van der Waals surface area contributed by atoms with Crippen molar-refractivity contribution in [2.75, 3.05) is 13.7 Å². The second-order valence-corrected chi connectivity index (χ2v) is 5.24. The first-order chi connectivity index (χ1) is 10.1. The van der Waals surface area contributed by atoms with Crippen molar-refractivity contribution in [3.63, 3.8) is 0 Å². The molecule has 0 spiro atoms. The fourth-order valence-corrected chi connectivity index (χ4v) is 2.50. The van der Waals surface area contributed by atoms with E-state index in [1.165, 1.54) is 6.07 Å². The lowest BCUT2D eigenvalue weighted by molar-refractivity contribution is 0.414. The maximum Gasteiger partial charge on any atom is 0.141 e. The Balaban J connectivity index is 2.19. The fourth-order valence-electron chi connectivity index (χ4n) is 2.29. The van der Waals surface area contributed by atoms with Crippen LogP contribution in [0.4, 0.5) is 4.39 Å².